The highest BCUT2D eigenvalue weighted by Gasteiger charge is 2.38. The quantitative estimate of drug-likeness (QED) is 0.674. The predicted molar refractivity (Wildman–Crippen MR) is 62.1 cm³/mol. The first-order chi connectivity index (χ1) is 7.75. The van der Waals surface area contributed by atoms with Crippen molar-refractivity contribution in [2.24, 2.45) is 5.92 Å². The lowest BCUT2D eigenvalue weighted by Gasteiger charge is -2.33. The van der Waals surface area contributed by atoms with Crippen LogP contribution in [-0.4, -0.2) is 61.0 Å². The van der Waals surface area contributed by atoms with Gasteiger partial charge in [0.1, 0.15) is 0 Å². The number of nitrogens with zero attached hydrogens (tertiary/aromatic N) is 2. The molecule has 16 heavy (non-hydrogen) atoms. The first kappa shape index (κ1) is 10.5. The Morgan fingerprint density at radius 1 is 1.19 bits per heavy atom. The lowest BCUT2D eigenvalue weighted by atomic mass is 10.0. The van der Waals surface area contributed by atoms with Gasteiger partial charge in [-0.1, -0.05) is 0 Å². The summed E-state index contributed by atoms with van der Waals surface area (Å²) in [6, 6.07) is 1.34. The number of amides is 1. The molecular formula is C12H21N3O. The van der Waals surface area contributed by atoms with Crippen LogP contribution in [0.3, 0.4) is 0 Å². The predicted octanol–water partition coefficient (Wildman–Crippen LogP) is -0.0991. The second-order valence-electron chi connectivity index (χ2n) is 5.48. The molecule has 3 aliphatic heterocycles. The molecular weight excluding hydrogens is 202 g/mol. The van der Waals surface area contributed by atoms with Crippen LogP contribution in [0.1, 0.15) is 19.3 Å². The third-order valence-corrected chi connectivity index (χ3v) is 4.59. The van der Waals surface area contributed by atoms with Gasteiger partial charge in [0.25, 0.3) is 0 Å². The number of carbonyl (C=O) groups excluding carboxylic acids is 1. The standard InChI is InChI=1S/C12H21N3O/c1-14-10-2-3-11(14)8-15(5-4-10)12(16)9-6-13-7-9/h9-11,13H,2-8H2,1H3. The van der Waals surface area contributed by atoms with Gasteiger partial charge in [0.15, 0.2) is 0 Å². The van der Waals surface area contributed by atoms with E-state index in [0.717, 1.165) is 32.2 Å². The van der Waals surface area contributed by atoms with Crippen LogP contribution in [0.4, 0.5) is 0 Å². The zero-order valence-corrected chi connectivity index (χ0v) is 9.98. The van der Waals surface area contributed by atoms with E-state index < -0.39 is 0 Å². The van der Waals surface area contributed by atoms with E-state index in [9.17, 15) is 4.79 Å². The molecule has 2 atom stereocenters. The number of nitrogens with one attached hydrogen (secondary N) is 1. The summed E-state index contributed by atoms with van der Waals surface area (Å²) in [6.45, 7) is 3.71. The van der Waals surface area contributed by atoms with Crippen molar-refractivity contribution in [3.05, 3.63) is 0 Å². The highest BCUT2D eigenvalue weighted by Crippen LogP contribution is 2.29. The molecule has 0 aromatic rings. The van der Waals surface area contributed by atoms with E-state index in [4.69, 9.17) is 0 Å². The van der Waals surface area contributed by atoms with E-state index in [-0.39, 0.29) is 5.92 Å². The van der Waals surface area contributed by atoms with Crippen LogP contribution in [0.5, 0.6) is 0 Å². The Labute approximate surface area is 97.0 Å². The second-order valence-corrected chi connectivity index (χ2v) is 5.48. The fourth-order valence-electron chi connectivity index (χ4n) is 3.23. The molecule has 3 aliphatic rings. The fraction of sp³-hybridized carbons (Fsp3) is 0.917. The lowest BCUT2D eigenvalue weighted by molar-refractivity contribution is -0.137. The molecule has 3 fully saturated rings. The number of fused-ring (bicyclic) bond motifs is 2. The van der Waals surface area contributed by atoms with Crippen LogP contribution < -0.4 is 5.32 Å². The first-order valence-electron chi connectivity index (χ1n) is 6.47. The number of carbonyl (C=O) groups is 1. The second kappa shape index (κ2) is 4.00. The van der Waals surface area contributed by atoms with Gasteiger partial charge in [-0.3, -0.25) is 9.69 Å². The summed E-state index contributed by atoms with van der Waals surface area (Å²) in [5.41, 5.74) is 0. The maximum Gasteiger partial charge on any atom is 0.228 e. The lowest BCUT2D eigenvalue weighted by Crippen LogP contribution is -2.53. The van der Waals surface area contributed by atoms with Gasteiger partial charge in [0, 0.05) is 38.3 Å². The Morgan fingerprint density at radius 2 is 1.94 bits per heavy atom. The molecule has 2 bridgehead atoms. The van der Waals surface area contributed by atoms with Crippen LogP contribution in [-0.2, 0) is 4.79 Å². The number of hydrogen-bond acceptors (Lipinski definition) is 3. The average molecular weight is 223 g/mol. The summed E-state index contributed by atoms with van der Waals surface area (Å²) in [5, 5.41) is 3.18. The Hall–Kier alpha value is -0.610. The van der Waals surface area contributed by atoms with Crippen LogP contribution >= 0.6 is 0 Å². The maximum atomic E-state index is 12.2. The van der Waals surface area contributed by atoms with E-state index in [0.29, 0.717) is 11.9 Å². The average Bonchev–Trinajstić information content (AvgIpc) is 2.37. The molecule has 0 saturated carbocycles. The van der Waals surface area contributed by atoms with E-state index in [1.807, 2.05) is 0 Å². The molecule has 0 aromatic carbocycles. The third kappa shape index (κ3) is 1.64. The maximum absolute atomic E-state index is 12.2. The van der Waals surface area contributed by atoms with Gasteiger partial charge in [-0.05, 0) is 26.3 Å². The van der Waals surface area contributed by atoms with Crippen molar-refractivity contribution in [1.29, 1.82) is 0 Å². The fourth-order valence-corrected chi connectivity index (χ4v) is 3.23. The minimum atomic E-state index is 0.266. The Bertz CT molecular complexity index is 290. The molecule has 1 N–H and O–H groups in total. The third-order valence-electron chi connectivity index (χ3n) is 4.59. The SMILES string of the molecule is CN1C2CCC1CN(C(=O)C1CNC1)CC2. The highest BCUT2D eigenvalue weighted by molar-refractivity contribution is 5.80. The zero-order valence-electron chi connectivity index (χ0n) is 9.98. The summed E-state index contributed by atoms with van der Waals surface area (Å²) >= 11 is 0. The van der Waals surface area contributed by atoms with Crippen molar-refractivity contribution in [2.45, 2.75) is 31.3 Å². The molecule has 2 unspecified atom stereocenters. The molecule has 0 aromatic heterocycles. The Kier molecular flexibility index (Phi) is 2.64. The molecule has 3 rings (SSSR count). The monoisotopic (exact) mass is 223 g/mol. The van der Waals surface area contributed by atoms with Crippen molar-refractivity contribution in [2.75, 3.05) is 33.2 Å². The van der Waals surface area contributed by atoms with Gasteiger partial charge in [-0.15, -0.1) is 0 Å². The first-order valence-corrected chi connectivity index (χ1v) is 6.47. The van der Waals surface area contributed by atoms with Crippen molar-refractivity contribution in [3.63, 3.8) is 0 Å². The number of likely N-dealkylation sites (N-methyl/N-ethyl adjacent to an activating group) is 1. The van der Waals surface area contributed by atoms with Gasteiger partial charge in [-0.2, -0.15) is 0 Å². The number of rotatable bonds is 1. The summed E-state index contributed by atoms with van der Waals surface area (Å²) < 4.78 is 0. The molecule has 4 heteroatoms. The minimum absolute atomic E-state index is 0.266. The Morgan fingerprint density at radius 3 is 2.62 bits per heavy atom. The summed E-state index contributed by atoms with van der Waals surface area (Å²) in [4.78, 5) is 16.8. The molecule has 0 radical (unpaired) electrons. The van der Waals surface area contributed by atoms with Gasteiger partial charge < -0.3 is 10.2 Å². The number of likely N-dealkylation sites (tertiary alicyclic amines) is 1. The van der Waals surface area contributed by atoms with Crippen molar-refractivity contribution < 1.29 is 4.79 Å². The minimum Gasteiger partial charge on any atom is -0.341 e. The molecule has 3 saturated heterocycles. The van der Waals surface area contributed by atoms with Crippen LogP contribution in [0.25, 0.3) is 0 Å². The van der Waals surface area contributed by atoms with Gasteiger partial charge >= 0.3 is 0 Å². The topological polar surface area (TPSA) is 35.6 Å². The molecule has 0 spiro atoms. The van der Waals surface area contributed by atoms with E-state index >= 15 is 0 Å². The number of hydrogen-bond donors (Lipinski definition) is 1. The largest absolute Gasteiger partial charge is 0.341 e. The van der Waals surface area contributed by atoms with Crippen molar-refractivity contribution >= 4 is 5.91 Å². The van der Waals surface area contributed by atoms with Gasteiger partial charge in [0.2, 0.25) is 5.91 Å². The van der Waals surface area contributed by atoms with Crippen molar-refractivity contribution in [3.8, 4) is 0 Å². The molecule has 90 valence electrons. The summed E-state index contributed by atoms with van der Waals surface area (Å²) in [5.74, 6) is 0.654. The van der Waals surface area contributed by atoms with Gasteiger partial charge in [0.05, 0.1) is 5.92 Å². The molecule has 3 heterocycles. The summed E-state index contributed by atoms with van der Waals surface area (Å²) in [7, 11) is 2.22. The zero-order chi connectivity index (χ0) is 11.1. The van der Waals surface area contributed by atoms with Crippen molar-refractivity contribution in [1.82, 2.24) is 15.1 Å². The molecule has 4 nitrogen and oxygen atoms in total. The van der Waals surface area contributed by atoms with E-state index in [2.05, 4.69) is 22.2 Å². The van der Waals surface area contributed by atoms with E-state index in [1.165, 1.54) is 19.3 Å². The Balaban J connectivity index is 1.66. The van der Waals surface area contributed by atoms with Crippen LogP contribution in [0.15, 0.2) is 0 Å². The molecule has 0 aliphatic carbocycles. The van der Waals surface area contributed by atoms with Crippen LogP contribution in [0.2, 0.25) is 0 Å². The normalized spacial score (nSPS) is 35.9. The highest BCUT2D eigenvalue weighted by atomic mass is 16.2. The van der Waals surface area contributed by atoms with E-state index in [1.54, 1.807) is 0 Å². The summed E-state index contributed by atoms with van der Waals surface area (Å²) in [6.07, 6.45) is 3.76. The van der Waals surface area contributed by atoms with Crippen LogP contribution in [0, 0.1) is 5.92 Å². The molecule has 1 amide bonds. The van der Waals surface area contributed by atoms with Gasteiger partial charge in [-0.25, -0.2) is 0 Å². The smallest absolute Gasteiger partial charge is 0.228 e.